The number of aryl methyl sites for hydroxylation is 3. The summed E-state index contributed by atoms with van der Waals surface area (Å²) in [6, 6.07) is 17.2. The fourth-order valence-electron chi connectivity index (χ4n) is 3.98. The highest BCUT2D eigenvalue weighted by Gasteiger charge is 2.27. The first kappa shape index (κ1) is 18.4. The van der Waals surface area contributed by atoms with E-state index in [-0.39, 0.29) is 18.2 Å². The van der Waals surface area contributed by atoms with Crippen LogP contribution in [0.1, 0.15) is 28.0 Å². The maximum Gasteiger partial charge on any atom is 0.359 e. The van der Waals surface area contributed by atoms with Gasteiger partial charge in [0.2, 0.25) is 5.88 Å². The van der Waals surface area contributed by atoms with E-state index < -0.39 is 5.97 Å². The highest BCUT2D eigenvalue weighted by atomic mass is 16.5. The van der Waals surface area contributed by atoms with Gasteiger partial charge in [-0.15, -0.1) is 0 Å². The van der Waals surface area contributed by atoms with Crippen LogP contribution in [0.5, 0.6) is 5.88 Å². The number of carbonyl (C=O) groups is 2. The number of benzene rings is 2. The van der Waals surface area contributed by atoms with Crippen LogP contribution in [-0.2, 0) is 28.9 Å². The van der Waals surface area contributed by atoms with Crippen molar-refractivity contribution < 1.29 is 19.1 Å². The fraction of sp³-hybridized carbons (Fsp3) is 0.261. The number of rotatable bonds is 3. The van der Waals surface area contributed by atoms with Crippen LogP contribution >= 0.6 is 0 Å². The van der Waals surface area contributed by atoms with Gasteiger partial charge in [0.1, 0.15) is 0 Å². The van der Waals surface area contributed by atoms with Crippen LogP contribution in [0, 0.1) is 0 Å². The number of nitrogens with zero attached hydrogens (tertiary/aromatic N) is 3. The number of fused-ring (bicyclic) bond motifs is 3. The van der Waals surface area contributed by atoms with Crippen molar-refractivity contribution in [3.63, 3.8) is 0 Å². The molecule has 5 rings (SSSR count). The molecular weight excluding hydrogens is 382 g/mol. The van der Waals surface area contributed by atoms with Gasteiger partial charge in [-0.2, -0.15) is 5.10 Å². The van der Waals surface area contributed by atoms with E-state index in [1.165, 1.54) is 0 Å². The second kappa shape index (κ2) is 7.67. The summed E-state index contributed by atoms with van der Waals surface area (Å²) in [6.45, 7) is 0.930. The Morgan fingerprint density at radius 2 is 1.67 bits per heavy atom. The Hall–Kier alpha value is -3.61. The third-order valence-corrected chi connectivity index (χ3v) is 5.42. The molecule has 1 amide bonds. The molecule has 0 N–H and O–H groups in total. The molecule has 0 fully saturated rings. The molecule has 3 heterocycles. The van der Waals surface area contributed by atoms with Crippen molar-refractivity contribution >= 4 is 23.3 Å². The Bertz CT molecular complexity index is 1050. The van der Waals surface area contributed by atoms with Crippen LogP contribution in [0.25, 0.3) is 0 Å². The Balaban J connectivity index is 1.38. The number of hydrogen-bond donors (Lipinski definition) is 0. The number of esters is 1. The Kier molecular flexibility index (Phi) is 4.71. The minimum Gasteiger partial charge on any atom is -0.478 e. The number of hydrogen-bond acceptors (Lipinski definition) is 5. The summed E-state index contributed by atoms with van der Waals surface area (Å²) >= 11 is 0. The summed E-state index contributed by atoms with van der Waals surface area (Å²) in [5.74, 6) is -0.384. The van der Waals surface area contributed by atoms with Gasteiger partial charge >= 0.3 is 5.97 Å². The Morgan fingerprint density at radius 3 is 2.33 bits per heavy atom. The molecule has 0 bridgehead atoms. The molecule has 2 aromatic carbocycles. The van der Waals surface area contributed by atoms with Gasteiger partial charge in [0.05, 0.1) is 18.0 Å². The van der Waals surface area contributed by atoms with Crippen LogP contribution < -0.4 is 9.64 Å². The summed E-state index contributed by atoms with van der Waals surface area (Å²) in [5, 5.41) is 4.22. The molecule has 0 atom stereocenters. The lowest BCUT2D eigenvalue weighted by atomic mass is 10.0. The van der Waals surface area contributed by atoms with Crippen LogP contribution in [-0.4, -0.2) is 34.9 Å². The van der Waals surface area contributed by atoms with Gasteiger partial charge in [0.25, 0.3) is 5.91 Å². The van der Waals surface area contributed by atoms with Gasteiger partial charge in [-0.3, -0.25) is 9.69 Å². The minimum atomic E-state index is -0.634. The SMILES string of the molecule is O=C(OCC(=O)N1c2ccccc2CCc2ccccc21)c1cc2n(n1)CCCO2. The van der Waals surface area contributed by atoms with E-state index in [0.29, 0.717) is 19.0 Å². The lowest BCUT2D eigenvalue weighted by molar-refractivity contribution is -0.121. The second-order valence-corrected chi connectivity index (χ2v) is 7.36. The molecule has 30 heavy (non-hydrogen) atoms. The van der Waals surface area contributed by atoms with Gasteiger partial charge in [-0.1, -0.05) is 36.4 Å². The first-order valence-corrected chi connectivity index (χ1v) is 10.1. The number of anilines is 2. The molecule has 2 aliphatic heterocycles. The third kappa shape index (κ3) is 3.32. The number of amides is 1. The number of carbonyl (C=O) groups excluding carboxylic acids is 2. The Morgan fingerprint density at radius 1 is 1.00 bits per heavy atom. The number of ether oxygens (including phenoxy) is 2. The standard InChI is InChI=1S/C23H21N3O4/c27-21(15-30-23(28)18-14-22-25(24-18)12-5-13-29-22)26-19-8-3-1-6-16(19)10-11-17-7-2-4-9-20(17)26/h1-4,6-9,14H,5,10-13,15H2. The molecule has 2 aliphatic rings. The average Bonchev–Trinajstić information content (AvgIpc) is 3.14. The van der Waals surface area contributed by atoms with Crippen molar-refractivity contribution in [3.05, 3.63) is 71.4 Å². The predicted molar refractivity (Wildman–Crippen MR) is 110 cm³/mol. The van der Waals surface area contributed by atoms with E-state index in [2.05, 4.69) is 5.10 Å². The first-order valence-electron chi connectivity index (χ1n) is 10.1. The molecule has 0 saturated carbocycles. The molecule has 0 aliphatic carbocycles. The van der Waals surface area contributed by atoms with Crippen molar-refractivity contribution in [1.29, 1.82) is 0 Å². The van der Waals surface area contributed by atoms with Crippen LogP contribution in [0.4, 0.5) is 11.4 Å². The number of para-hydroxylation sites is 2. The summed E-state index contributed by atoms with van der Waals surface area (Å²) in [5.41, 5.74) is 3.99. The molecule has 1 aromatic heterocycles. The third-order valence-electron chi connectivity index (χ3n) is 5.42. The van der Waals surface area contributed by atoms with E-state index in [1.807, 2.05) is 48.5 Å². The summed E-state index contributed by atoms with van der Waals surface area (Å²) in [4.78, 5) is 27.3. The summed E-state index contributed by atoms with van der Waals surface area (Å²) in [7, 11) is 0. The molecule has 7 heteroatoms. The lowest BCUT2D eigenvalue weighted by Crippen LogP contribution is -2.31. The monoisotopic (exact) mass is 403 g/mol. The normalized spacial score (nSPS) is 14.6. The molecule has 0 radical (unpaired) electrons. The van der Waals surface area contributed by atoms with Crippen molar-refractivity contribution in [2.24, 2.45) is 0 Å². The highest BCUT2D eigenvalue weighted by molar-refractivity contribution is 6.04. The molecule has 7 nitrogen and oxygen atoms in total. The van der Waals surface area contributed by atoms with Crippen LogP contribution in [0.15, 0.2) is 54.6 Å². The Labute approximate surface area is 173 Å². The zero-order valence-corrected chi connectivity index (χ0v) is 16.4. The molecule has 152 valence electrons. The summed E-state index contributed by atoms with van der Waals surface area (Å²) < 4.78 is 12.5. The summed E-state index contributed by atoms with van der Waals surface area (Å²) in [6.07, 6.45) is 2.53. The van der Waals surface area contributed by atoms with Gasteiger partial charge < -0.3 is 9.47 Å². The lowest BCUT2D eigenvalue weighted by Gasteiger charge is -2.24. The van der Waals surface area contributed by atoms with E-state index in [1.54, 1.807) is 15.6 Å². The minimum absolute atomic E-state index is 0.149. The molecule has 0 saturated heterocycles. The fourth-order valence-corrected chi connectivity index (χ4v) is 3.98. The molecule has 0 unspecified atom stereocenters. The van der Waals surface area contributed by atoms with Crippen molar-refractivity contribution in [2.75, 3.05) is 18.1 Å². The smallest absolute Gasteiger partial charge is 0.359 e. The topological polar surface area (TPSA) is 73.7 Å². The highest BCUT2D eigenvalue weighted by Crippen LogP contribution is 2.36. The molecule has 0 spiro atoms. The van der Waals surface area contributed by atoms with Gasteiger partial charge in [-0.25, -0.2) is 9.48 Å². The maximum absolute atomic E-state index is 13.2. The van der Waals surface area contributed by atoms with E-state index in [0.717, 1.165) is 41.8 Å². The zero-order chi connectivity index (χ0) is 20.5. The number of aromatic nitrogens is 2. The van der Waals surface area contributed by atoms with E-state index in [9.17, 15) is 9.59 Å². The van der Waals surface area contributed by atoms with Gasteiger partial charge in [0, 0.05) is 19.0 Å². The molecule has 3 aromatic rings. The molecular formula is C23H21N3O4. The van der Waals surface area contributed by atoms with Crippen molar-refractivity contribution in [3.8, 4) is 5.88 Å². The van der Waals surface area contributed by atoms with Gasteiger partial charge in [0.15, 0.2) is 12.3 Å². The quantitative estimate of drug-likeness (QED) is 0.628. The maximum atomic E-state index is 13.2. The largest absolute Gasteiger partial charge is 0.478 e. The van der Waals surface area contributed by atoms with Crippen molar-refractivity contribution in [2.45, 2.75) is 25.8 Å². The first-order chi connectivity index (χ1) is 14.7. The second-order valence-electron chi connectivity index (χ2n) is 7.36. The van der Waals surface area contributed by atoms with Gasteiger partial charge in [-0.05, 0) is 36.1 Å². The van der Waals surface area contributed by atoms with E-state index >= 15 is 0 Å². The van der Waals surface area contributed by atoms with Crippen LogP contribution in [0.2, 0.25) is 0 Å². The van der Waals surface area contributed by atoms with Crippen LogP contribution in [0.3, 0.4) is 0 Å². The van der Waals surface area contributed by atoms with Crippen molar-refractivity contribution in [1.82, 2.24) is 9.78 Å². The predicted octanol–water partition coefficient (Wildman–Crippen LogP) is 3.29. The van der Waals surface area contributed by atoms with E-state index in [4.69, 9.17) is 9.47 Å². The average molecular weight is 403 g/mol. The zero-order valence-electron chi connectivity index (χ0n) is 16.4.